The van der Waals surface area contributed by atoms with Crippen molar-refractivity contribution in [1.82, 2.24) is 0 Å². The van der Waals surface area contributed by atoms with Gasteiger partial charge in [0.25, 0.3) is 0 Å². The van der Waals surface area contributed by atoms with Crippen LogP contribution in [-0.2, 0) is 11.0 Å². The van der Waals surface area contributed by atoms with Crippen LogP contribution in [0.1, 0.15) is 12.5 Å². The lowest BCUT2D eigenvalue weighted by Gasteiger charge is -2.12. The van der Waals surface area contributed by atoms with Crippen molar-refractivity contribution in [2.75, 3.05) is 5.32 Å². The first-order valence-electron chi connectivity index (χ1n) is 4.65. The van der Waals surface area contributed by atoms with E-state index in [0.717, 1.165) is 12.1 Å². The van der Waals surface area contributed by atoms with Gasteiger partial charge in [0.05, 0.1) is 17.3 Å². The summed E-state index contributed by atoms with van der Waals surface area (Å²) in [5, 5.41) is 2.31. The molecule has 1 aromatic carbocycles. The van der Waals surface area contributed by atoms with Crippen molar-refractivity contribution in [1.29, 1.82) is 0 Å². The molecule has 0 heterocycles. The highest BCUT2D eigenvalue weighted by Gasteiger charge is 2.31. The molecule has 0 aliphatic heterocycles. The van der Waals surface area contributed by atoms with Gasteiger partial charge in [0.1, 0.15) is 0 Å². The first-order chi connectivity index (χ1) is 7.71. The van der Waals surface area contributed by atoms with Crippen LogP contribution in [0.3, 0.4) is 0 Å². The summed E-state index contributed by atoms with van der Waals surface area (Å²) in [7, 11) is 0. The van der Waals surface area contributed by atoms with E-state index in [1.807, 2.05) is 0 Å². The maximum absolute atomic E-state index is 12.4. The third-order valence-electron chi connectivity index (χ3n) is 1.97. The lowest BCUT2D eigenvalue weighted by molar-refractivity contribution is -0.137. The molecule has 0 saturated carbocycles. The highest BCUT2D eigenvalue weighted by atomic mass is 79.9. The number of benzene rings is 1. The number of nitrogens with two attached hydrogens (primary N) is 1. The van der Waals surface area contributed by atoms with Crippen LogP contribution in [0.2, 0.25) is 0 Å². The van der Waals surface area contributed by atoms with Gasteiger partial charge in [0, 0.05) is 4.47 Å². The van der Waals surface area contributed by atoms with E-state index >= 15 is 0 Å². The van der Waals surface area contributed by atoms with Gasteiger partial charge in [-0.05, 0) is 41.1 Å². The van der Waals surface area contributed by atoms with Crippen molar-refractivity contribution < 1.29 is 18.0 Å². The second-order valence-corrected chi connectivity index (χ2v) is 4.32. The summed E-state index contributed by atoms with van der Waals surface area (Å²) in [4.78, 5) is 11.3. The Balaban J connectivity index is 3.03. The first-order valence-corrected chi connectivity index (χ1v) is 5.44. The summed E-state index contributed by atoms with van der Waals surface area (Å²) in [5.74, 6) is -0.551. The van der Waals surface area contributed by atoms with E-state index in [4.69, 9.17) is 5.73 Å². The van der Waals surface area contributed by atoms with Crippen LogP contribution in [0.5, 0.6) is 0 Å². The lowest BCUT2D eigenvalue weighted by Crippen LogP contribution is -2.32. The molecule has 0 aliphatic carbocycles. The quantitative estimate of drug-likeness (QED) is 0.882. The van der Waals surface area contributed by atoms with E-state index in [2.05, 4.69) is 21.2 Å². The third kappa shape index (κ3) is 3.71. The number of amides is 1. The molecule has 1 aromatic rings. The minimum Gasteiger partial charge on any atom is -0.324 e. The molecule has 0 bridgehead atoms. The van der Waals surface area contributed by atoms with E-state index in [-0.39, 0.29) is 5.69 Å². The van der Waals surface area contributed by atoms with Crippen molar-refractivity contribution in [2.24, 2.45) is 5.73 Å². The number of carbonyl (C=O) groups is 1. The van der Waals surface area contributed by atoms with Crippen LogP contribution in [0.25, 0.3) is 0 Å². The standard InChI is InChI=1S/C10H10BrF3N2O/c1-5(15)9(17)16-8-4-6(10(12,13)14)2-3-7(8)11/h2-5H,15H2,1H3,(H,16,17). The van der Waals surface area contributed by atoms with E-state index in [1.165, 1.54) is 13.0 Å². The summed E-state index contributed by atoms with van der Waals surface area (Å²) in [5.41, 5.74) is 4.52. The van der Waals surface area contributed by atoms with Gasteiger partial charge in [-0.25, -0.2) is 0 Å². The van der Waals surface area contributed by atoms with Gasteiger partial charge in [0.15, 0.2) is 0 Å². The predicted molar refractivity (Wildman–Crippen MR) is 61.4 cm³/mol. The Morgan fingerprint density at radius 3 is 2.53 bits per heavy atom. The average Bonchev–Trinajstić information content (AvgIpc) is 2.19. The third-order valence-corrected chi connectivity index (χ3v) is 2.66. The van der Waals surface area contributed by atoms with Gasteiger partial charge in [-0.3, -0.25) is 4.79 Å². The summed E-state index contributed by atoms with van der Waals surface area (Å²) < 4.78 is 37.7. The Kier molecular flexibility index (Phi) is 4.16. The Labute approximate surface area is 104 Å². The molecule has 1 amide bonds. The number of nitrogens with one attached hydrogen (secondary N) is 1. The highest BCUT2D eigenvalue weighted by Crippen LogP contribution is 2.33. The lowest BCUT2D eigenvalue weighted by atomic mass is 10.2. The topological polar surface area (TPSA) is 55.1 Å². The number of hydrogen-bond acceptors (Lipinski definition) is 2. The molecule has 1 unspecified atom stereocenters. The number of hydrogen-bond donors (Lipinski definition) is 2. The van der Waals surface area contributed by atoms with Crippen LogP contribution in [0.15, 0.2) is 22.7 Å². The van der Waals surface area contributed by atoms with E-state index in [9.17, 15) is 18.0 Å². The van der Waals surface area contributed by atoms with Crippen LogP contribution >= 0.6 is 15.9 Å². The fourth-order valence-corrected chi connectivity index (χ4v) is 1.39. The van der Waals surface area contributed by atoms with E-state index in [0.29, 0.717) is 4.47 Å². The molecule has 0 saturated heterocycles. The van der Waals surface area contributed by atoms with Gasteiger partial charge in [-0.2, -0.15) is 13.2 Å². The molecular weight excluding hydrogens is 301 g/mol. The molecule has 94 valence electrons. The normalized spacial score (nSPS) is 13.3. The Morgan fingerprint density at radius 1 is 1.47 bits per heavy atom. The molecule has 1 rings (SSSR count). The van der Waals surface area contributed by atoms with Crippen LogP contribution < -0.4 is 11.1 Å². The molecule has 0 spiro atoms. The summed E-state index contributed by atoms with van der Waals surface area (Å²) >= 11 is 3.05. The molecule has 1 atom stereocenters. The number of halogens is 4. The Hall–Kier alpha value is -1.08. The van der Waals surface area contributed by atoms with Gasteiger partial charge in [0.2, 0.25) is 5.91 Å². The average molecular weight is 311 g/mol. The molecular formula is C10H10BrF3N2O. The SMILES string of the molecule is CC(N)C(=O)Nc1cc(C(F)(F)F)ccc1Br. The zero-order valence-corrected chi connectivity index (χ0v) is 10.4. The summed E-state index contributed by atoms with van der Waals surface area (Å²) in [6, 6.07) is 2.20. The highest BCUT2D eigenvalue weighted by molar-refractivity contribution is 9.10. The predicted octanol–water partition coefficient (Wildman–Crippen LogP) is 2.75. The maximum atomic E-state index is 12.4. The Morgan fingerprint density at radius 2 is 2.06 bits per heavy atom. The van der Waals surface area contributed by atoms with Crippen LogP contribution in [0.4, 0.5) is 18.9 Å². The molecule has 0 aliphatic rings. The second-order valence-electron chi connectivity index (χ2n) is 3.47. The molecule has 0 radical (unpaired) electrons. The molecule has 0 aromatic heterocycles. The number of rotatable bonds is 2. The minimum absolute atomic E-state index is 0.0436. The van der Waals surface area contributed by atoms with Crippen molar-refractivity contribution in [3.8, 4) is 0 Å². The monoisotopic (exact) mass is 310 g/mol. The summed E-state index contributed by atoms with van der Waals surface area (Å²) in [6.45, 7) is 1.44. The van der Waals surface area contributed by atoms with Gasteiger partial charge < -0.3 is 11.1 Å². The van der Waals surface area contributed by atoms with Gasteiger partial charge in [-0.1, -0.05) is 0 Å². The zero-order valence-electron chi connectivity index (χ0n) is 8.81. The zero-order chi connectivity index (χ0) is 13.2. The molecule has 3 N–H and O–H groups in total. The largest absolute Gasteiger partial charge is 0.416 e. The van der Waals surface area contributed by atoms with Gasteiger partial charge in [-0.15, -0.1) is 0 Å². The molecule has 3 nitrogen and oxygen atoms in total. The van der Waals surface area contributed by atoms with Crippen molar-refractivity contribution >= 4 is 27.5 Å². The maximum Gasteiger partial charge on any atom is 0.416 e. The minimum atomic E-state index is -4.45. The van der Waals surface area contributed by atoms with Crippen molar-refractivity contribution in [3.63, 3.8) is 0 Å². The molecule has 0 fully saturated rings. The van der Waals surface area contributed by atoms with Crippen LogP contribution in [-0.4, -0.2) is 11.9 Å². The fraction of sp³-hybridized carbons (Fsp3) is 0.300. The van der Waals surface area contributed by atoms with Crippen LogP contribution in [0, 0.1) is 0 Å². The van der Waals surface area contributed by atoms with E-state index < -0.39 is 23.7 Å². The van der Waals surface area contributed by atoms with Crippen molar-refractivity contribution in [3.05, 3.63) is 28.2 Å². The van der Waals surface area contributed by atoms with Gasteiger partial charge >= 0.3 is 6.18 Å². The Bertz CT molecular complexity index is 432. The molecule has 7 heteroatoms. The smallest absolute Gasteiger partial charge is 0.324 e. The van der Waals surface area contributed by atoms with Crippen molar-refractivity contribution in [2.45, 2.75) is 19.1 Å². The number of alkyl halides is 3. The van der Waals surface area contributed by atoms with E-state index in [1.54, 1.807) is 0 Å². The first kappa shape index (κ1) is 14.0. The fourth-order valence-electron chi connectivity index (χ4n) is 1.04. The second kappa shape index (κ2) is 5.05. The summed E-state index contributed by atoms with van der Waals surface area (Å²) in [6.07, 6.45) is -4.45. The molecule has 17 heavy (non-hydrogen) atoms. The number of carbonyl (C=O) groups excluding carboxylic acids is 1. The number of anilines is 1.